The number of rotatable bonds is 8. The Labute approximate surface area is 197 Å². The average molecular weight is 520 g/mol. The summed E-state index contributed by atoms with van der Waals surface area (Å²) in [5.74, 6) is 1.39. The van der Waals surface area contributed by atoms with Crippen LogP contribution in [0.3, 0.4) is 0 Å². The van der Waals surface area contributed by atoms with Crippen molar-refractivity contribution in [1.29, 1.82) is 0 Å². The quantitative estimate of drug-likeness (QED) is 0.319. The van der Waals surface area contributed by atoms with Gasteiger partial charge in [-0.25, -0.2) is 0 Å². The lowest BCUT2D eigenvalue weighted by molar-refractivity contribution is -0.127. The minimum Gasteiger partial charge on any atom is -0.356 e. The van der Waals surface area contributed by atoms with Crippen LogP contribution < -0.4 is 10.6 Å². The summed E-state index contributed by atoms with van der Waals surface area (Å²) < 4.78 is 0. The van der Waals surface area contributed by atoms with E-state index in [0.29, 0.717) is 12.3 Å². The Kier molecular flexibility index (Phi) is 10.1. The molecule has 0 aliphatic carbocycles. The first kappa shape index (κ1) is 24.2. The number of likely N-dealkylation sites (tertiary alicyclic amines) is 1. The van der Waals surface area contributed by atoms with Crippen LogP contribution in [0.2, 0.25) is 0 Å². The molecule has 2 aromatic rings. The highest BCUT2D eigenvalue weighted by Crippen LogP contribution is 2.17. The van der Waals surface area contributed by atoms with Gasteiger partial charge in [0.25, 0.3) is 0 Å². The molecule has 1 aliphatic heterocycles. The number of carbonyl (C=O) groups is 1. The molecule has 0 aromatic heterocycles. The van der Waals surface area contributed by atoms with Crippen LogP contribution in [0, 0.1) is 12.8 Å². The van der Waals surface area contributed by atoms with E-state index in [-0.39, 0.29) is 29.9 Å². The smallest absolute Gasteiger partial charge is 0.223 e. The molecule has 0 saturated carbocycles. The fraction of sp³-hybridized carbons (Fsp3) is 0.417. The summed E-state index contributed by atoms with van der Waals surface area (Å²) in [5, 5.41) is 6.75. The lowest BCUT2D eigenvalue weighted by Gasteiger charge is -2.18. The molecule has 30 heavy (non-hydrogen) atoms. The number of halogens is 1. The van der Waals surface area contributed by atoms with Crippen molar-refractivity contribution in [3.8, 4) is 0 Å². The first-order valence-electron chi connectivity index (χ1n) is 10.5. The van der Waals surface area contributed by atoms with Crippen LogP contribution in [0.25, 0.3) is 0 Å². The van der Waals surface area contributed by atoms with E-state index in [0.717, 1.165) is 45.0 Å². The van der Waals surface area contributed by atoms with Gasteiger partial charge in [0, 0.05) is 45.6 Å². The number of hydrogen-bond donors (Lipinski definition) is 2. The molecule has 0 bridgehead atoms. The van der Waals surface area contributed by atoms with Gasteiger partial charge in [-0.2, -0.15) is 0 Å². The van der Waals surface area contributed by atoms with Gasteiger partial charge < -0.3 is 15.5 Å². The van der Waals surface area contributed by atoms with Crippen molar-refractivity contribution in [2.75, 3.05) is 33.2 Å². The van der Waals surface area contributed by atoms with Crippen LogP contribution in [0.4, 0.5) is 0 Å². The lowest BCUT2D eigenvalue weighted by Crippen LogP contribution is -2.41. The molecule has 2 aromatic carbocycles. The Morgan fingerprint density at radius 1 is 1.07 bits per heavy atom. The Morgan fingerprint density at radius 3 is 2.57 bits per heavy atom. The zero-order chi connectivity index (χ0) is 20.5. The molecular weight excluding hydrogens is 487 g/mol. The molecule has 1 unspecified atom stereocenters. The summed E-state index contributed by atoms with van der Waals surface area (Å²) in [6, 6.07) is 18.9. The van der Waals surface area contributed by atoms with Crippen LogP contribution in [-0.4, -0.2) is 50.0 Å². The molecule has 0 radical (unpaired) electrons. The zero-order valence-electron chi connectivity index (χ0n) is 17.9. The van der Waals surface area contributed by atoms with Crippen LogP contribution in [-0.2, 0) is 17.6 Å². The summed E-state index contributed by atoms with van der Waals surface area (Å²) in [6.45, 7) is 5.32. The number of aliphatic imine (C=N–C) groups is 1. The largest absolute Gasteiger partial charge is 0.356 e. The van der Waals surface area contributed by atoms with E-state index in [1.54, 1.807) is 7.05 Å². The lowest BCUT2D eigenvalue weighted by atomic mass is 10.1. The van der Waals surface area contributed by atoms with Crippen LogP contribution in [0.5, 0.6) is 0 Å². The summed E-state index contributed by atoms with van der Waals surface area (Å²) in [5.41, 5.74) is 3.89. The second-order valence-electron chi connectivity index (χ2n) is 7.76. The third-order valence-electron chi connectivity index (χ3n) is 5.38. The number of nitrogens with one attached hydrogen (secondary N) is 2. The highest BCUT2D eigenvalue weighted by Gasteiger charge is 2.29. The Balaban J connectivity index is 0.00000320. The fourth-order valence-corrected chi connectivity index (χ4v) is 3.77. The average Bonchev–Trinajstić information content (AvgIpc) is 3.09. The number of carbonyl (C=O) groups excluding carboxylic acids is 1. The van der Waals surface area contributed by atoms with Gasteiger partial charge in [-0.05, 0) is 30.9 Å². The molecule has 1 fully saturated rings. The van der Waals surface area contributed by atoms with Crippen molar-refractivity contribution in [1.82, 2.24) is 15.5 Å². The summed E-state index contributed by atoms with van der Waals surface area (Å²) in [4.78, 5) is 18.6. The normalized spacial score (nSPS) is 16.3. The van der Waals surface area contributed by atoms with Crippen LogP contribution in [0.1, 0.15) is 23.1 Å². The second-order valence-corrected chi connectivity index (χ2v) is 7.76. The Hall–Kier alpha value is -2.09. The molecule has 1 heterocycles. The topological polar surface area (TPSA) is 56.7 Å². The molecule has 6 heteroatoms. The number of amides is 1. The summed E-state index contributed by atoms with van der Waals surface area (Å²) in [7, 11) is 1.79. The van der Waals surface area contributed by atoms with Gasteiger partial charge in [-0.3, -0.25) is 9.79 Å². The highest BCUT2D eigenvalue weighted by molar-refractivity contribution is 14.0. The molecule has 1 aliphatic rings. The van der Waals surface area contributed by atoms with E-state index in [1.165, 1.54) is 16.7 Å². The maximum absolute atomic E-state index is 12.3. The van der Waals surface area contributed by atoms with Gasteiger partial charge in [0.05, 0.1) is 0 Å². The minimum atomic E-state index is 0. The van der Waals surface area contributed by atoms with Crippen LogP contribution >= 0.6 is 24.0 Å². The van der Waals surface area contributed by atoms with E-state index in [2.05, 4.69) is 58.9 Å². The first-order valence-corrected chi connectivity index (χ1v) is 10.5. The third kappa shape index (κ3) is 7.63. The van der Waals surface area contributed by atoms with Gasteiger partial charge in [-0.15, -0.1) is 24.0 Å². The molecule has 2 N–H and O–H groups in total. The molecular formula is C24H33IN4O. The summed E-state index contributed by atoms with van der Waals surface area (Å²) >= 11 is 0. The number of aryl methyl sites for hydroxylation is 1. The van der Waals surface area contributed by atoms with Gasteiger partial charge in [0.15, 0.2) is 5.96 Å². The number of guanidine groups is 1. The molecule has 162 valence electrons. The van der Waals surface area contributed by atoms with Gasteiger partial charge >= 0.3 is 0 Å². The maximum atomic E-state index is 12.3. The van der Waals surface area contributed by atoms with Gasteiger partial charge in [-0.1, -0.05) is 60.2 Å². The van der Waals surface area contributed by atoms with E-state index < -0.39 is 0 Å². The van der Waals surface area contributed by atoms with Crippen molar-refractivity contribution in [3.63, 3.8) is 0 Å². The summed E-state index contributed by atoms with van der Waals surface area (Å²) in [6.07, 6.45) is 2.48. The third-order valence-corrected chi connectivity index (χ3v) is 5.38. The van der Waals surface area contributed by atoms with Crippen molar-refractivity contribution in [3.05, 3.63) is 71.3 Å². The Morgan fingerprint density at radius 2 is 1.83 bits per heavy atom. The molecule has 1 atom stereocenters. The predicted molar refractivity (Wildman–Crippen MR) is 134 cm³/mol. The molecule has 0 spiro atoms. The molecule has 1 saturated heterocycles. The molecule has 1 amide bonds. The van der Waals surface area contributed by atoms with Gasteiger partial charge in [0.2, 0.25) is 5.91 Å². The van der Waals surface area contributed by atoms with E-state index in [9.17, 15) is 4.79 Å². The van der Waals surface area contributed by atoms with Crippen molar-refractivity contribution in [2.45, 2.75) is 26.2 Å². The van der Waals surface area contributed by atoms with E-state index >= 15 is 0 Å². The van der Waals surface area contributed by atoms with Crippen molar-refractivity contribution >= 4 is 35.8 Å². The highest BCUT2D eigenvalue weighted by atomic mass is 127. The van der Waals surface area contributed by atoms with E-state index in [1.807, 2.05) is 23.1 Å². The van der Waals surface area contributed by atoms with Crippen molar-refractivity contribution in [2.24, 2.45) is 10.9 Å². The molecule has 3 rings (SSSR count). The van der Waals surface area contributed by atoms with Crippen LogP contribution in [0.15, 0.2) is 59.6 Å². The SMILES string of the molecule is CN=C(NCCc1cccc(C)c1)NCC1CC(=O)N(CCc2ccccc2)C1.I. The van der Waals surface area contributed by atoms with Gasteiger partial charge in [0.1, 0.15) is 0 Å². The Bertz CT molecular complexity index is 825. The number of hydrogen-bond acceptors (Lipinski definition) is 2. The monoisotopic (exact) mass is 520 g/mol. The van der Waals surface area contributed by atoms with Crippen molar-refractivity contribution < 1.29 is 4.79 Å². The fourth-order valence-electron chi connectivity index (χ4n) is 3.77. The standard InChI is InChI=1S/C24H32N4O.HI/c1-19-7-6-10-21(15-19)11-13-26-24(25-2)27-17-22-16-23(29)28(18-22)14-12-20-8-4-3-5-9-20;/h3-10,15,22H,11-14,16-18H2,1-2H3,(H2,25,26,27);1H. The number of nitrogens with zero attached hydrogens (tertiary/aromatic N) is 2. The molecule has 5 nitrogen and oxygen atoms in total. The first-order chi connectivity index (χ1) is 14.1. The van der Waals surface area contributed by atoms with E-state index in [4.69, 9.17) is 0 Å². The number of benzene rings is 2. The maximum Gasteiger partial charge on any atom is 0.223 e. The second kappa shape index (κ2) is 12.6. The minimum absolute atomic E-state index is 0. The zero-order valence-corrected chi connectivity index (χ0v) is 20.3. The predicted octanol–water partition coefficient (Wildman–Crippen LogP) is 3.41.